The van der Waals surface area contributed by atoms with E-state index in [4.69, 9.17) is 10.5 Å². The molecule has 0 spiro atoms. The summed E-state index contributed by atoms with van der Waals surface area (Å²) < 4.78 is 5.51. The summed E-state index contributed by atoms with van der Waals surface area (Å²) in [5, 5.41) is 6.89. The van der Waals surface area contributed by atoms with Crippen molar-refractivity contribution in [3.8, 4) is 16.9 Å². The van der Waals surface area contributed by atoms with E-state index in [0.29, 0.717) is 12.4 Å². The number of aryl methyl sites for hydroxylation is 2. The summed E-state index contributed by atoms with van der Waals surface area (Å²) in [4.78, 5) is 0. The van der Waals surface area contributed by atoms with Crippen LogP contribution in [-0.2, 0) is 0 Å². The topological polar surface area (TPSA) is 63.9 Å². The first-order valence-corrected chi connectivity index (χ1v) is 5.67. The van der Waals surface area contributed by atoms with Gasteiger partial charge in [-0.1, -0.05) is 6.07 Å². The molecule has 0 saturated heterocycles. The second kappa shape index (κ2) is 4.49. The van der Waals surface area contributed by atoms with Crippen LogP contribution in [0.4, 0.5) is 5.82 Å². The number of nitrogens with one attached hydrogen (secondary N) is 1. The standard InChI is InChI=1S/C13H17N3O/c1-4-17-11-6-5-10(7-8(11)2)12-9(3)15-16-13(12)14/h5-7H,4H2,1-3H3,(H3,14,15,16). The van der Waals surface area contributed by atoms with Crippen LogP contribution in [0.25, 0.3) is 11.1 Å². The van der Waals surface area contributed by atoms with Crippen LogP contribution in [0.15, 0.2) is 18.2 Å². The predicted molar refractivity (Wildman–Crippen MR) is 69.1 cm³/mol. The van der Waals surface area contributed by atoms with Crippen molar-refractivity contribution in [3.05, 3.63) is 29.5 Å². The normalized spacial score (nSPS) is 10.5. The number of aromatic nitrogens is 2. The summed E-state index contributed by atoms with van der Waals surface area (Å²) in [5.41, 5.74) is 9.96. The number of nitrogens with two attached hydrogens (primary N) is 1. The molecule has 4 nitrogen and oxygen atoms in total. The minimum atomic E-state index is 0.533. The second-order valence-electron chi connectivity index (χ2n) is 4.02. The van der Waals surface area contributed by atoms with Gasteiger partial charge in [-0.3, -0.25) is 5.10 Å². The lowest BCUT2D eigenvalue weighted by molar-refractivity contribution is 0.338. The number of benzene rings is 1. The molecule has 0 atom stereocenters. The lowest BCUT2D eigenvalue weighted by atomic mass is 10.0. The van der Waals surface area contributed by atoms with Gasteiger partial charge >= 0.3 is 0 Å². The number of anilines is 1. The molecule has 0 saturated carbocycles. The number of ether oxygens (including phenoxy) is 1. The van der Waals surface area contributed by atoms with Crippen molar-refractivity contribution in [2.75, 3.05) is 12.3 Å². The number of hydrogen-bond donors (Lipinski definition) is 2. The molecule has 90 valence electrons. The zero-order valence-electron chi connectivity index (χ0n) is 10.4. The van der Waals surface area contributed by atoms with E-state index in [-0.39, 0.29) is 0 Å². The van der Waals surface area contributed by atoms with Gasteiger partial charge < -0.3 is 10.5 Å². The maximum Gasteiger partial charge on any atom is 0.153 e. The Morgan fingerprint density at radius 1 is 1.35 bits per heavy atom. The molecular weight excluding hydrogens is 214 g/mol. The van der Waals surface area contributed by atoms with Crippen molar-refractivity contribution >= 4 is 5.82 Å². The third-order valence-electron chi connectivity index (χ3n) is 2.74. The summed E-state index contributed by atoms with van der Waals surface area (Å²) in [7, 11) is 0. The average Bonchev–Trinajstić information content (AvgIpc) is 2.62. The van der Waals surface area contributed by atoms with Gasteiger partial charge in [0.1, 0.15) is 5.75 Å². The number of rotatable bonds is 3. The zero-order chi connectivity index (χ0) is 12.4. The lowest BCUT2D eigenvalue weighted by Gasteiger charge is -2.09. The van der Waals surface area contributed by atoms with E-state index in [1.807, 2.05) is 32.9 Å². The average molecular weight is 231 g/mol. The smallest absolute Gasteiger partial charge is 0.153 e. The molecule has 0 radical (unpaired) electrons. The molecule has 0 fully saturated rings. The molecular formula is C13H17N3O. The Bertz CT molecular complexity index is 512. The Morgan fingerprint density at radius 3 is 2.65 bits per heavy atom. The van der Waals surface area contributed by atoms with Crippen LogP contribution >= 0.6 is 0 Å². The largest absolute Gasteiger partial charge is 0.494 e. The number of nitrogens with zero attached hydrogens (tertiary/aromatic N) is 1. The molecule has 1 heterocycles. The number of hydrogen-bond acceptors (Lipinski definition) is 3. The molecule has 0 amide bonds. The van der Waals surface area contributed by atoms with Crippen LogP contribution in [0.2, 0.25) is 0 Å². The van der Waals surface area contributed by atoms with Gasteiger partial charge in [-0.05, 0) is 44.0 Å². The highest BCUT2D eigenvalue weighted by Crippen LogP contribution is 2.30. The van der Waals surface area contributed by atoms with Crippen LogP contribution < -0.4 is 10.5 Å². The highest BCUT2D eigenvalue weighted by atomic mass is 16.5. The molecule has 1 aromatic carbocycles. The number of H-pyrrole nitrogens is 1. The van der Waals surface area contributed by atoms with Crippen LogP contribution in [0.1, 0.15) is 18.2 Å². The van der Waals surface area contributed by atoms with Crippen molar-refractivity contribution in [2.45, 2.75) is 20.8 Å². The molecule has 2 rings (SSSR count). The number of nitrogen functional groups attached to an aromatic ring is 1. The Labute approximate surface area is 101 Å². The molecule has 2 aromatic rings. The molecule has 0 unspecified atom stereocenters. The van der Waals surface area contributed by atoms with E-state index in [9.17, 15) is 0 Å². The van der Waals surface area contributed by atoms with Gasteiger partial charge in [0, 0.05) is 11.3 Å². The van der Waals surface area contributed by atoms with Gasteiger partial charge in [0.05, 0.1) is 6.61 Å². The lowest BCUT2D eigenvalue weighted by Crippen LogP contribution is -1.95. The van der Waals surface area contributed by atoms with E-state index in [2.05, 4.69) is 16.3 Å². The summed E-state index contributed by atoms with van der Waals surface area (Å²) in [6.07, 6.45) is 0. The van der Waals surface area contributed by atoms with Gasteiger partial charge in [-0.25, -0.2) is 0 Å². The van der Waals surface area contributed by atoms with Crippen molar-refractivity contribution in [3.63, 3.8) is 0 Å². The Hall–Kier alpha value is -1.97. The summed E-state index contributed by atoms with van der Waals surface area (Å²) in [6, 6.07) is 6.05. The maximum atomic E-state index is 5.85. The van der Waals surface area contributed by atoms with Crippen LogP contribution in [0, 0.1) is 13.8 Å². The molecule has 1 aromatic heterocycles. The maximum absolute atomic E-state index is 5.85. The van der Waals surface area contributed by atoms with Crippen LogP contribution in [0.3, 0.4) is 0 Å². The first-order valence-electron chi connectivity index (χ1n) is 5.67. The zero-order valence-corrected chi connectivity index (χ0v) is 10.4. The minimum Gasteiger partial charge on any atom is -0.494 e. The van der Waals surface area contributed by atoms with E-state index >= 15 is 0 Å². The third-order valence-corrected chi connectivity index (χ3v) is 2.74. The van der Waals surface area contributed by atoms with E-state index in [0.717, 1.165) is 28.1 Å². The Balaban J connectivity index is 2.45. The van der Waals surface area contributed by atoms with Gasteiger partial charge in [0.25, 0.3) is 0 Å². The predicted octanol–water partition coefficient (Wildman–Crippen LogP) is 2.67. The first kappa shape index (κ1) is 11.5. The summed E-state index contributed by atoms with van der Waals surface area (Å²) in [6.45, 7) is 6.64. The fourth-order valence-corrected chi connectivity index (χ4v) is 1.93. The van der Waals surface area contributed by atoms with E-state index in [1.54, 1.807) is 0 Å². The summed E-state index contributed by atoms with van der Waals surface area (Å²) >= 11 is 0. The van der Waals surface area contributed by atoms with Gasteiger partial charge in [-0.2, -0.15) is 5.10 Å². The SMILES string of the molecule is CCOc1ccc(-c2c(N)n[nH]c2C)cc1C. The summed E-state index contributed by atoms with van der Waals surface area (Å²) in [5.74, 6) is 1.45. The number of aromatic amines is 1. The monoisotopic (exact) mass is 231 g/mol. The molecule has 0 aliphatic rings. The Morgan fingerprint density at radius 2 is 2.12 bits per heavy atom. The fraction of sp³-hybridized carbons (Fsp3) is 0.308. The molecule has 17 heavy (non-hydrogen) atoms. The van der Waals surface area contributed by atoms with Crippen molar-refractivity contribution < 1.29 is 4.74 Å². The Kier molecular flexibility index (Phi) is 3.04. The minimum absolute atomic E-state index is 0.533. The van der Waals surface area contributed by atoms with Gasteiger partial charge in [0.2, 0.25) is 0 Å². The highest BCUT2D eigenvalue weighted by molar-refractivity contribution is 5.76. The van der Waals surface area contributed by atoms with Crippen molar-refractivity contribution in [1.29, 1.82) is 0 Å². The highest BCUT2D eigenvalue weighted by Gasteiger charge is 2.11. The molecule has 0 bridgehead atoms. The fourth-order valence-electron chi connectivity index (χ4n) is 1.93. The van der Waals surface area contributed by atoms with E-state index < -0.39 is 0 Å². The van der Waals surface area contributed by atoms with Gasteiger partial charge in [-0.15, -0.1) is 0 Å². The third kappa shape index (κ3) is 2.11. The van der Waals surface area contributed by atoms with Crippen LogP contribution in [-0.4, -0.2) is 16.8 Å². The van der Waals surface area contributed by atoms with E-state index in [1.165, 1.54) is 0 Å². The molecule has 4 heteroatoms. The molecule has 0 aliphatic carbocycles. The van der Waals surface area contributed by atoms with Crippen LogP contribution in [0.5, 0.6) is 5.75 Å². The van der Waals surface area contributed by atoms with Crippen molar-refractivity contribution in [1.82, 2.24) is 10.2 Å². The first-order chi connectivity index (χ1) is 8.13. The molecule has 3 N–H and O–H groups in total. The molecule has 0 aliphatic heterocycles. The quantitative estimate of drug-likeness (QED) is 0.853. The van der Waals surface area contributed by atoms with Gasteiger partial charge in [0.15, 0.2) is 5.82 Å². The van der Waals surface area contributed by atoms with Crippen molar-refractivity contribution in [2.24, 2.45) is 0 Å². The second-order valence-corrected chi connectivity index (χ2v) is 4.02.